The third-order valence-electron chi connectivity index (χ3n) is 4.23. The molecule has 0 spiro atoms. The zero-order chi connectivity index (χ0) is 21.0. The van der Waals surface area contributed by atoms with Gasteiger partial charge in [0.2, 0.25) is 5.88 Å². The minimum absolute atomic E-state index is 0.0798. The first-order chi connectivity index (χ1) is 13.7. The van der Waals surface area contributed by atoms with Gasteiger partial charge >= 0.3 is 5.69 Å². The van der Waals surface area contributed by atoms with Crippen LogP contribution in [-0.4, -0.2) is 21.1 Å². The average molecular weight is 393 g/mol. The number of hydrogen-bond acceptors (Lipinski definition) is 5. The van der Waals surface area contributed by atoms with Crippen LogP contribution in [0.15, 0.2) is 53.6 Å². The minimum atomic E-state index is -0.396. The second-order valence-corrected chi connectivity index (χ2v) is 8.31. The molecular formula is C23H27N3O3. The number of aromatic nitrogens is 3. The van der Waals surface area contributed by atoms with E-state index in [1.807, 2.05) is 44.2 Å². The van der Waals surface area contributed by atoms with E-state index < -0.39 is 5.69 Å². The van der Waals surface area contributed by atoms with Crippen LogP contribution < -0.4 is 15.2 Å². The van der Waals surface area contributed by atoms with Crippen LogP contribution in [0.3, 0.4) is 0 Å². The number of nitrogens with zero attached hydrogens (tertiary/aromatic N) is 3. The summed E-state index contributed by atoms with van der Waals surface area (Å²) in [6, 6.07) is 11.2. The lowest BCUT2D eigenvalue weighted by molar-refractivity contribution is 0.197. The van der Waals surface area contributed by atoms with Gasteiger partial charge in [-0.05, 0) is 49.1 Å². The first kappa shape index (κ1) is 20.6. The maximum atomic E-state index is 12.5. The number of benzene rings is 1. The van der Waals surface area contributed by atoms with Crippen LogP contribution in [0, 0.1) is 19.3 Å². The second kappa shape index (κ2) is 8.47. The van der Waals surface area contributed by atoms with Crippen LogP contribution in [0.1, 0.15) is 37.6 Å². The first-order valence-electron chi connectivity index (χ1n) is 9.59. The molecule has 2 heterocycles. The van der Waals surface area contributed by atoms with E-state index in [1.54, 1.807) is 18.5 Å². The van der Waals surface area contributed by atoms with Crippen molar-refractivity contribution in [3.63, 3.8) is 0 Å². The fourth-order valence-electron chi connectivity index (χ4n) is 2.65. The Bertz CT molecular complexity index is 1030. The molecule has 152 valence electrons. The molecule has 1 aromatic carbocycles. The minimum Gasteiger partial charge on any atom is -0.493 e. The lowest BCUT2D eigenvalue weighted by Gasteiger charge is -2.20. The molecule has 0 saturated heterocycles. The predicted octanol–water partition coefficient (Wildman–Crippen LogP) is 4.25. The fourth-order valence-corrected chi connectivity index (χ4v) is 2.65. The van der Waals surface area contributed by atoms with Crippen molar-refractivity contribution in [2.45, 2.75) is 41.2 Å². The number of rotatable bonds is 6. The van der Waals surface area contributed by atoms with Gasteiger partial charge in [0.05, 0.1) is 12.3 Å². The summed E-state index contributed by atoms with van der Waals surface area (Å²) < 4.78 is 13.0. The lowest BCUT2D eigenvalue weighted by Crippen LogP contribution is -2.21. The molecule has 0 fully saturated rings. The summed E-state index contributed by atoms with van der Waals surface area (Å²) in [5, 5.41) is 0. The van der Waals surface area contributed by atoms with Gasteiger partial charge in [0.25, 0.3) is 0 Å². The fraction of sp³-hybridized carbons (Fsp3) is 0.348. The van der Waals surface area contributed by atoms with E-state index in [0.29, 0.717) is 13.2 Å². The maximum Gasteiger partial charge on any atom is 0.355 e. The Morgan fingerprint density at radius 1 is 1.03 bits per heavy atom. The van der Waals surface area contributed by atoms with Gasteiger partial charge in [0, 0.05) is 29.7 Å². The molecule has 0 atom stereocenters. The Morgan fingerprint density at radius 3 is 2.45 bits per heavy atom. The quantitative estimate of drug-likeness (QED) is 0.626. The standard InChI is InChI=1S/C23H27N3O3/c1-16-12-19(8-9-20(16)29-15-23(3,4)5)26-11-10-21(25-22(26)27)28-14-18-7-6-17(2)24-13-18/h6-13H,14-15H2,1-5H3. The molecule has 29 heavy (non-hydrogen) atoms. The third kappa shape index (κ3) is 5.67. The van der Waals surface area contributed by atoms with Gasteiger partial charge in [-0.1, -0.05) is 26.8 Å². The summed E-state index contributed by atoms with van der Waals surface area (Å²) >= 11 is 0. The van der Waals surface area contributed by atoms with Gasteiger partial charge < -0.3 is 9.47 Å². The summed E-state index contributed by atoms with van der Waals surface area (Å²) in [5.74, 6) is 1.10. The Balaban J connectivity index is 1.72. The van der Waals surface area contributed by atoms with E-state index in [1.165, 1.54) is 4.57 Å². The van der Waals surface area contributed by atoms with Crippen LogP contribution in [0.5, 0.6) is 11.6 Å². The smallest absolute Gasteiger partial charge is 0.355 e. The first-order valence-corrected chi connectivity index (χ1v) is 9.59. The summed E-state index contributed by atoms with van der Waals surface area (Å²) in [7, 11) is 0. The molecule has 0 aliphatic rings. The molecule has 3 aromatic rings. The summed E-state index contributed by atoms with van der Waals surface area (Å²) in [6.45, 7) is 11.2. The molecule has 6 heteroatoms. The molecule has 0 N–H and O–H groups in total. The molecule has 0 saturated carbocycles. The van der Waals surface area contributed by atoms with Crippen LogP contribution in [0.4, 0.5) is 0 Å². The van der Waals surface area contributed by atoms with Gasteiger partial charge in [-0.3, -0.25) is 9.55 Å². The van der Waals surface area contributed by atoms with Gasteiger partial charge in [-0.15, -0.1) is 0 Å². The molecule has 0 bridgehead atoms. The van der Waals surface area contributed by atoms with Gasteiger partial charge in [-0.25, -0.2) is 4.79 Å². The lowest BCUT2D eigenvalue weighted by atomic mass is 9.98. The van der Waals surface area contributed by atoms with E-state index in [9.17, 15) is 4.79 Å². The number of pyridine rings is 1. The zero-order valence-corrected chi connectivity index (χ0v) is 17.6. The average Bonchev–Trinajstić information content (AvgIpc) is 2.66. The highest BCUT2D eigenvalue weighted by Gasteiger charge is 2.13. The van der Waals surface area contributed by atoms with E-state index in [4.69, 9.17) is 9.47 Å². The van der Waals surface area contributed by atoms with Crippen molar-refractivity contribution < 1.29 is 9.47 Å². The molecule has 0 radical (unpaired) electrons. The molecule has 0 unspecified atom stereocenters. The summed E-state index contributed by atoms with van der Waals surface area (Å²) in [5.41, 5.74) is 3.24. The molecule has 6 nitrogen and oxygen atoms in total. The Labute approximate surface area is 171 Å². The van der Waals surface area contributed by atoms with Crippen molar-refractivity contribution in [2.75, 3.05) is 6.61 Å². The van der Waals surface area contributed by atoms with Crippen molar-refractivity contribution in [1.29, 1.82) is 0 Å². The maximum absolute atomic E-state index is 12.5. The topological polar surface area (TPSA) is 66.2 Å². The molecule has 0 aliphatic heterocycles. The molecule has 2 aromatic heterocycles. The number of ether oxygens (including phenoxy) is 2. The predicted molar refractivity (Wildman–Crippen MR) is 113 cm³/mol. The van der Waals surface area contributed by atoms with Crippen LogP contribution in [0.2, 0.25) is 0 Å². The Kier molecular flexibility index (Phi) is 6.01. The normalized spacial score (nSPS) is 11.3. The van der Waals surface area contributed by atoms with Gasteiger partial charge in [-0.2, -0.15) is 4.98 Å². The van der Waals surface area contributed by atoms with Crippen molar-refractivity contribution in [1.82, 2.24) is 14.5 Å². The Morgan fingerprint density at radius 2 is 1.83 bits per heavy atom. The molecule has 0 amide bonds. The van der Waals surface area contributed by atoms with E-state index in [0.717, 1.165) is 28.3 Å². The number of hydrogen-bond donors (Lipinski definition) is 0. The van der Waals surface area contributed by atoms with Crippen molar-refractivity contribution in [3.05, 3.63) is 76.1 Å². The third-order valence-corrected chi connectivity index (χ3v) is 4.23. The summed E-state index contributed by atoms with van der Waals surface area (Å²) in [4.78, 5) is 20.7. The van der Waals surface area contributed by atoms with Gasteiger partial charge in [0.15, 0.2) is 0 Å². The van der Waals surface area contributed by atoms with Crippen LogP contribution in [-0.2, 0) is 6.61 Å². The molecule has 3 rings (SSSR count). The highest BCUT2D eigenvalue weighted by atomic mass is 16.5. The SMILES string of the molecule is Cc1ccc(COc2ccn(-c3ccc(OCC(C)(C)C)c(C)c3)c(=O)n2)cn1. The van der Waals surface area contributed by atoms with Crippen LogP contribution >= 0.6 is 0 Å². The molecule has 0 aliphatic carbocycles. The van der Waals surface area contributed by atoms with Crippen molar-refractivity contribution >= 4 is 0 Å². The molecular weight excluding hydrogens is 366 g/mol. The van der Waals surface area contributed by atoms with E-state index in [2.05, 4.69) is 30.7 Å². The largest absolute Gasteiger partial charge is 0.493 e. The summed E-state index contributed by atoms with van der Waals surface area (Å²) in [6.07, 6.45) is 3.42. The van der Waals surface area contributed by atoms with Crippen molar-refractivity contribution in [2.24, 2.45) is 5.41 Å². The van der Waals surface area contributed by atoms with Crippen LogP contribution in [0.25, 0.3) is 5.69 Å². The highest BCUT2D eigenvalue weighted by molar-refractivity contribution is 5.43. The van der Waals surface area contributed by atoms with Gasteiger partial charge in [0.1, 0.15) is 12.4 Å². The van der Waals surface area contributed by atoms with Crippen molar-refractivity contribution in [3.8, 4) is 17.3 Å². The van der Waals surface area contributed by atoms with E-state index >= 15 is 0 Å². The highest BCUT2D eigenvalue weighted by Crippen LogP contribution is 2.23. The Hall–Kier alpha value is -3.15. The zero-order valence-electron chi connectivity index (χ0n) is 17.6. The monoisotopic (exact) mass is 393 g/mol. The number of aryl methyl sites for hydroxylation is 2. The van der Waals surface area contributed by atoms with E-state index in [-0.39, 0.29) is 11.3 Å². The second-order valence-electron chi connectivity index (χ2n) is 8.31.